The first-order valence-corrected chi connectivity index (χ1v) is 14.7. The number of nitro benzene ring substituents is 1. The van der Waals surface area contributed by atoms with Crippen LogP contribution in [-0.4, -0.2) is 62.0 Å². The van der Waals surface area contributed by atoms with Crippen molar-refractivity contribution in [2.45, 2.75) is 52.2 Å². The number of benzene rings is 2. The van der Waals surface area contributed by atoms with Gasteiger partial charge in [0.2, 0.25) is 21.8 Å². The molecule has 2 unspecified atom stereocenters. The number of ether oxygens (including phenoxy) is 1. The molecule has 2 atom stereocenters. The van der Waals surface area contributed by atoms with Crippen molar-refractivity contribution in [3.05, 3.63) is 62.1 Å². The van der Waals surface area contributed by atoms with Crippen LogP contribution in [0.15, 0.2) is 36.4 Å². The van der Waals surface area contributed by atoms with Gasteiger partial charge in [0.05, 0.1) is 28.3 Å². The molecular weight excluding hydrogens is 571 g/mol. The lowest BCUT2D eigenvalue weighted by Gasteiger charge is -2.33. The monoisotopic (exact) mass is 602 g/mol. The van der Waals surface area contributed by atoms with Gasteiger partial charge in [-0.15, -0.1) is 0 Å². The van der Waals surface area contributed by atoms with Crippen LogP contribution in [0.2, 0.25) is 10.0 Å². The number of nitrogens with one attached hydrogen (secondary N) is 1. The molecule has 2 rings (SSSR count). The SMILES string of the molecule is CCC(C)NC(=O)C(CC)N(Cc1ccc(Cl)c(Cl)c1)C(=O)CN(c1cc([N+](=O)[O-])ccc1OC)S(C)(=O)=O. The number of anilines is 1. The third-order valence-electron chi connectivity index (χ3n) is 6.05. The standard InChI is InChI=1S/C25H32Cl2N4O7S/c1-6-16(3)28-25(33)21(7-2)29(14-17-8-10-19(26)20(27)12-17)24(32)15-30(39(5,36)37)22-13-18(31(34)35)9-11-23(22)38-4/h8-13,16,21H,6-7,14-15H2,1-5H3,(H,28,33). The highest BCUT2D eigenvalue weighted by atomic mass is 35.5. The molecule has 214 valence electrons. The summed E-state index contributed by atoms with van der Waals surface area (Å²) in [5.41, 5.74) is -0.0144. The molecule has 1 N–H and O–H groups in total. The third-order valence-corrected chi connectivity index (χ3v) is 7.91. The molecule has 0 aliphatic heterocycles. The highest BCUT2D eigenvalue weighted by Crippen LogP contribution is 2.34. The molecule has 0 spiro atoms. The minimum absolute atomic E-state index is 0.0106. The van der Waals surface area contributed by atoms with Crippen molar-refractivity contribution in [1.29, 1.82) is 0 Å². The molecule has 0 radical (unpaired) electrons. The van der Waals surface area contributed by atoms with E-state index in [4.69, 9.17) is 27.9 Å². The molecule has 0 saturated heterocycles. The number of halogens is 2. The second-order valence-corrected chi connectivity index (χ2v) is 11.6. The molecular formula is C25H32Cl2N4O7S. The Morgan fingerprint density at radius 3 is 2.28 bits per heavy atom. The first kappa shape index (κ1) is 32.1. The number of methoxy groups -OCH3 is 1. The summed E-state index contributed by atoms with van der Waals surface area (Å²) in [5, 5.41) is 14.8. The number of hydrogen-bond acceptors (Lipinski definition) is 7. The number of sulfonamides is 1. The Morgan fingerprint density at radius 1 is 1.10 bits per heavy atom. The molecule has 0 heterocycles. The molecule has 0 saturated carbocycles. The van der Waals surface area contributed by atoms with Gasteiger partial charge in [0, 0.05) is 24.7 Å². The van der Waals surface area contributed by atoms with E-state index in [1.165, 1.54) is 18.1 Å². The zero-order valence-corrected chi connectivity index (χ0v) is 24.6. The van der Waals surface area contributed by atoms with E-state index in [-0.39, 0.29) is 41.2 Å². The van der Waals surface area contributed by atoms with Gasteiger partial charge in [-0.25, -0.2) is 8.42 Å². The van der Waals surface area contributed by atoms with Crippen LogP contribution in [0.25, 0.3) is 0 Å². The average Bonchev–Trinajstić information content (AvgIpc) is 2.87. The van der Waals surface area contributed by atoms with Crippen LogP contribution >= 0.6 is 23.2 Å². The summed E-state index contributed by atoms with van der Waals surface area (Å²) < 4.78 is 31.7. The molecule has 0 fully saturated rings. The topological polar surface area (TPSA) is 139 Å². The van der Waals surface area contributed by atoms with Crippen LogP contribution < -0.4 is 14.4 Å². The highest BCUT2D eigenvalue weighted by molar-refractivity contribution is 7.92. The lowest BCUT2D eigenvalue weighted by molar-refractivity contribution is -0.384. The number of amides is 2. The van der Waals surface area contributed by atoms with Crippen LogP contribution in [-0.2, 0) is 26.2 Å². The summed E-state index contributed by atoms with van der Waals surface area (Å²) in [6, 6.07) is 7.07. The van der Waals surface area contributed by atoms with Crippen LogP contribution in [0.3, 0.4) is 0 Å². The number of nitrogens with zero attached hydrogens (tertiary/aromatic N) is 3. The van der Waals surface area contributed by atoms with E-state index in [9.17, 15) is 28.1 Å². The van der Waals surface area contributed by atoms with E-state index >= 15 is 0 Å². The van der Waals surface area contributed by atoms with Gasteiger partial charge in [0.15, 0.2) is 0 Å². The second kappa shape index (κ2) is 13.8. The Morgan fingerprint density at radius 2 is 1.77 bits per heavy atom. The van der Waals surface area contributed by atoms with E-state index in [0.717, 1.165) is 22.7 Å². The predicted octanol–water partition coefficient (Wildman–Crippen LogP) is 4.40. The third kappa shape index (κ3) is 8.45. The minimum Gasteiger partial charge on any atom is -0.495 e. The maximum atomic E-state index is 13.8. The maximum absolute atomic E-state index is 13.8. The Balaban J connectivity index is 2.58. The average molecular weight is 604 g/mol. The Kier molecular flexibility index (Phi) is 11.4. The normalized spacial score (nSPS) is 12.8. The van der Waals surface area contributed by atoms with Crippen LogP contribution in [0, 0.1) is 10.1 Å². The second-order valence-electron chi connectivity index (χ2n) is 8.89. The fraction of sp³-hybridized carbons (Fsp3) is 0.440. The summed E-state index contributed by atoms with van der Waals surface area (Å²) in [7, 11) is -2.86. The van der Waals surface area contributed by atoms with Gasteiger partial charge < -0.3 is 15.0 Å². The first-order chi connectivity index (χ1) is 18.2. The van der Waals surface area contributed by atoms with Gasteiger partial charge in [-0.1, -0.05) is 43.1 Å². The Hall–Kier alpha value is -3.09. The van der Waals surface area contributed by atoms with Crippen LogP contribution in [0.4, 0.5) is 11.4 Å². The van der Waals surface area contributed by atoms with Crippen LogP contribution in [0.1, 0.15) is 39.2 Å². The first-order valence-electron chi connectivity index (χ1n) is 12.1. The lowest BCUT2D eigenvalue weighted by Crippen LogP contribution is -2.53. The van der Waals surface area contributed by atoms with E-state index in [0.29, 0.717) is 17.0 Å². The lowest BCUT2D eigenvalue weighted by atomic mass is 10.1. The molecule has 0 aliphatic carbocycles. The van der Waals surface area contributed by atoms with Crippen molar-refractivity contribution in [1.82, 2.24) is 10.2 Å². The van der Waals surface area contributed by atoms with Gasteiger partial charge in [0.25, 0.3) is 5.69 Å². The molecule has 0 aromatic heterocycles. The van der Waals surface area contributed by atoms with Crippen molar-refractivity contribution in [3.63, 3.8) is 0 Å². The largest absolute Gasteiger partial charge is 0.495 e. The molecule has 0 aliphatic rings. The molecule has 11 nitrogen and oxygen atoms in total. The molecule has 2 amide bonds. The molecule has 2 aromatic carbocycles. The summed E-state index contributed by atoms with van der Waals surface area (Å²) in [4.78, 5) is 39.0. The minimum atomic E-state index is -4.14. The summed E-state index contributed by atoms with van der Waals surface area (Å²) >= 11 is 12.2. The van der Waals surface area contributed by atoms with Crippen molar-refractivity contribution in [2.24, 2.45) is 0 Å². The Labute approximate surface area is 238 Å². The van der Waals surface area contributed by atoms with Crippen molar-refractivity contribution in [2.75, 3.05) is 24.2 Å². The van der Waals surface area contributed by atoms with Gasteiger partial charge in [0.1, 0.15) is 24.0 Å². The number of carbonyl (C=O) groups is 2. The zero-order valence-electron chi connectivity index (χ0n) is 22.3. The van der Waals surface area contributed by atoms with E-state index in [1.54, 1.807) is 25.1 Å². The van der Waals surface area contributed by atoms with E-state index in [2.05, 4.69) is 5.32 Å². The summed E-state index contributed by atoms with van der Waals surface area (Å²) in [5.74, 6) is -1.11. The number of non-ortho nitro benzene ring substituents is 1. The number of rotatable bonds is 13. The zero-order chi connectivity index (χ0) is 29.5. The Bertz CT molecular complexity index is 1320. The number of nitro groups is 1. The van der Waals surface area contributed by atoms with Gasteiger partial charge in [-0.2, -0.15) is 0 Å². The molecule has 39 heavy (non-hydrogen) atoms. The number of carbonyl (C=O) groups excluding carboxylic acids is 2. The van der Waals surface area contributed by atoms with Crippen molar-refractivity contribution < 1.29 is 27.7 Å². The van der Waals surface area contributed by atoms with Gasteiger partial charge in [-0.3, -0.25) is 24.0 Å². The number of hydrogen-bond donors (Lipinski definition) is 1. The smallest absolute Gasteiger partial charge is 0.271 e. The predicted molar refractivity (Wildman–Crippen MR) is 151 cm³/mol. The van der Waals surface area contributed by atoms with Crippen LogP contribution in [0.5, 0.6) is 5.75 Å². The fourth-order valence-corrected chi connectivity index (χ4v) is 4.94. The van der Waals surface area contributed by atoms with Crippen molar-refractivity contribution in [3.8, 4) is 5.75 Å². The van der Waals surface area contributed by atoms with Crippen molar-refractivity contribution >= 4 is 56.4 Å². The molecule has 0 bridgehead atoms. The van der Waals surface area contributed by atoms with Gasteiger partial charge in [-0.05, 0) is 43.5 Å². The maximum Gasteiger partial charge on any atom is 0.271 e. The quantitative estimate of drug-likeness (QED) is 0.265. The molecule has 2 aromatic rings. The van der Waals surface area contributed by atoms with E-state index in [1.807, 2.05) is 13.8 Å². The molecule has 14 heteroatoms. The highest BCUT2D eigenvalue weighted by Gasteiger charge is 2.33. The summed E-state index contributed by atoms with van der Waals surface area (Å²) in [6.45, 7) is 4.64. The van der Waals surface area contributed by atoms with Gasteiger partial charge >= 0.3 is 0 Å². The fourth-order valence-electron chi connectivity index (χ4n) is 3.78. The van der Waals surface area contributed by atoms with E-state index < -0.39 is 39.3 Å². The summed E-state index contributed by atoms with van der Waals surface area (Å²) in [6.07, 6.45) is 1.76.